The Balaban J connectivity index is 1.93. The number of carbonyl (C=O) groups is 1. The van der Waals surface area contributed by atoms with E-state index in [1.165, 1.54) is 12.1 Å². The van der Waals surface area contributed by atoms with Gasteiger partial charge in [0.2, 0.25) is 5.88 Å². The molecule has 1 aromatic heterocycles. The quantitative estimate of drug-likeness (QED) is 0.794. The molecule has 0 amide bonds. The lowest BCUT2D eigenvalue weighted by Crippen LogP contribution is -1.96. The zero-order valence-corrected chi connectivity index (χ0v) is 11.8. The van der Waals surface area contributed by atoms with Gasteiger partial charge in [0.15, 0.2) is 0 Å². The average molecular weight is 295 g/mol. The molecule has 110 valence electrons. The van der Waals surface area contributed by atoms with Gasteiger partial charge in [-0.05, 0) is 36.4 Å². The summed E-state index contributed by atoms with van der Waals surface area (Å²) in [6.07, 6.45) is 0. The van der Waals surface area contributed by atoms with Gasteiger partial charge in [0.1, 0.15) is 11.5 Å². The van der Waals surface area contributed by atoms with Crippen LogP contribution in [0, 0.1) is 0 Å². The van der Waals surface area contributed by atoms with E-state index in [4.69, 9.17) is 14.6 Å². The molecule has 1 heterocycles. The molecule has 0 aliphatic heterocycles. The van der Waals surface area contributed by atoms with Crippen molar-refractivity contribution in [2.75, 3.05) is 7.11 Å². The van der Waals surface area contributed by atoms with Gasteiger partial charge in [-0.1, -0.05) is 6.07 Å². The summed E-state index contributed by atoms with van der Waals surface area (Å²) in [7, 11) is 1.60. The number of pyridine rings is 1. The van der Waals surface area contributed by atoms with E-state index in [1.54, 1.807) is 25.3 Å². The van der Waals surface area contributed by atoms with Crippen LogP contribution < -0.4 is 9.47 Å². The normalized spacial score (nSPS) is 10.4. The number of rotatable bonds is 4. The van der Waals surface area contributed by atoms with Gasteiger partial charge in [-0.3, -0.25) is 0 Å². The second kappa shape index (κ2) is 5.73. The predicted molar refractivity (Wildman–Crippen MR) is 81.8 cm³/mol. The molecule has 0 bridgehead atoms. The number of methoxy groups -OCH3 is 1. The molecule has 0 unspecified atom stereocenters. The Kier molecular flexibility index (Phi) is 3.62. The smallest absolute Gasteiger partial charge is 0.335 e. The van der Waals surface area contributed by atoms with Crippen LogP contribution in [-0.4, -0.2) is 23.2 Å². The number of nitrogens with zero attached hydrogens (tertiary/aromatic N) is 1. The van der Waals surface area contributed by atoms with Gasteiger partial charge < -0.3 is 14.6 Å². The average Bonchev–Trinajstić information content (AvgIpc) is 2.54. The number of hydrogen-bond donors (Lipinski definition) is 1. The Morgan fingerprint density at radius 2 is 1.86 bits per heavy atom. The maximum atomic E-state index is 11.0. The van der Waals surface area contributed by atoms with Crippen LogP contribution in [0.3, 0.4) is 0 Å². The molecule has 0 radical (unpaired) electrons. The standard InChI is InChI=1S/C17H13NO4/c1-21-13-7-5-11-6-8-16(18-15(11)10-13)22-14-4-2-3-12(9-14)17(19)20/h2-10H,1H3,(H,19,20). The van der Waals surface area contributed by atoms with Crippen molar-refractivity contribution in [3.63, 3.8) is 0 Å². The summed E-state index contributed by atoms with van der Waals surface area (Å²) < 4.78 is 10.8. The van der Waals surface area contributed by atoms with Gasteiger partial charge in [0.05, 0.1) is 18.2 Å². The highest BCUT2D eigenvalue weighted by Crippen LogP contribution is 2.25. The lowest BCUT2D eigenvalue weighted by molar-refractivity contribution is 0.0696. The maximum absolute atomic E-state index is 11.0. The Bertz CT molecular complexity index is 845. The zero-order valence-electron chi connectivity index (χ0n) is 11.8. The second-order valence-electron chi connectivity index (χ2n) is 4.64. The molecule has 22 heavy (non-hydrogen) atoms. The van der Waals surface area contributed by atoms with Crippen molar-refractivity contribution in [1.29, 1.82) is 0 Å². The fourth-order valence-corrected chi connectivity index (χ4v) is 2.08. The van der Waals surface area contributed by atoms with Crippen molar-refractivity contribution in [2.45, 2.75) is 0 Å². The number of carboxylic acid groups (broad SMARTS) is 1. The minimum absolute atomic E-state index is 0.167. The fraction of sp³-hybridized carbons (Fsp3) is 0.0588. The fourth-order valence-electron chi connectivity index (χ4n) is 2.08. The molecule has 5 nitrogen and oxygen atoms in total. The van der Waals surface area contributed by atoms with Crippen molar-refractivity contribution in [2.24, 2.45) is 0 Å². The van der Waals surface area contributed by atoms with Crippen molar-refractivity contribution in [3.05, 3.63) is 60.2 Å². The third-order valence-electron chi connectivity index (χ3n) is 3.18. The van der Waals surface area contributed by atoms with Crippen molar-refractivity contribution in [3.8, 4) is 17.4 Å². The van der Waals surface area contributed by atoms with Crippen LogP contribution in [0.25, 0.3) is 10.9 Å². The first-order valence-corrected chi connectivity index (χ1v) is 6.62. The lowest BCUT2D eigenvalue weighted by Gasteiger charge is -2.07. The number of hydrogen-bond acceptors (Lipinski definition) is 4. The minimum atomic E-state index is -0.998. The third-order valence-corrected chi connectivity index (χ3v) is 3.18. The second-order valence-corrected chi connectivity index (χ2v) is 4.64. The van der Waals surface area contributed by atoms with Crippen molar-refractivity contribution >= 4 is 16.9 Å². The summed E-state index contributed by atoms with van der Waals surface area (Å²) in [5.74, 6) is 0.532. The molecular formula is C17H13NO4. The Morgan fingerprint density at radius 3 is 2.64 bits per heavy atom. The van der Waals surface area contributed by atoms with E-state index in [0.717, 1.165) is 10.9 Å². The SMILES string of the molecule is COc1ccc2ccc(Oc3cccc(C(=O)O)c3)nc2c1. The van der Waals surface area contributed by atoms with E-state index < -0.39 is 5.97 Å². The molecule has 0 saturated carbocycles. The van der Waals surface area contributed by atoms with Crippen LogP contribution in [0.1, 0.15) is 10.4 Å². The first kappa shape index (κ1) is 13.9. The highest BCUT2D eigenvalue weighted by molar-refractivity contribution is 5.88. The topological polar surface area (TPSA) is 68.7 Å². The lowest BCUT2D eigenvalue weighted by atomic mass is 10.2. The van der Waals surface area contributed by atoms with E-state index >= 15 is 0 Å². The Hall–Kier alpha value is -3.08. The van der Waals surface area contributed by atoms with Gasteiger partial charge in [0.25, 0.3) is 0 Å². The monoisotopic (exact) mass is 295 g/mol. The molecule has 2 aromatic carbocycles. The molecule has 0 fully saturated rings. The van der Waals surface area contributed by atoms with Gasteiger partial charge in [-0.2, -0.15) is 0 Å². The summed E-state index contributed by atoms with van der Waals surface area (Å²) >= 11 is 0. The summed E-state index contributed by atoms with van der Waals surface area (Å²) in [6.45, 7) is 0. The maximum Gasteiger partial charge on any atom is 0.335 e. The molecule has 3 rings (SSSR count). The van der Waals surface area contributed by atoms with Gasteiger partial charge in [-0.15, -0.1) is 0 Å². The highest BCUT2D eigenvalue weighted by atomic mass is 16.5. The molecule has 0 saturated heterocycles. The molecule has 3 aromatic rings. The number of ether oxygens (including phenoxy) is 2. The molecule has 1 N–H and O–H groups in total. The molecular weight excluding hydrogens is 282 g/mol. The van der Waals surface area contributed by atoms with Crippen molar-refractivity contribution in [1.82, 2.24) is 4.98 Å². The molecule has 5 heteroatoms. The third kappa shape index (κ3) is 2.83. The van der Waals surface area contributed by atoms with Gasteiger partial charge in [-0.25, -0.2) is 9.78 Å². The van der Waals surface area contributed by atoms with Gasteiger partial charge in [0, 0.05) is 17.5 Å². The predicted octanol–water partition coefficient (Wildman–Crippen LogP) is 3.73. The molecule has 0 spiro atoms. The molecule has 0 atom stereocenters. The summed E-state index contributed by atoms with van der Waals surface area (Å²) in [5.41, 5.74) is 0.909. The first-order valence-electron chi connectivity index (χ1n) is 6.62. The van der Waals surface area contributed by atoms with E-state index in [1.807, 2.05) is 24.3 Å². The summed E-state index contributed by atoms with van der Waals surface area (Å²) in [5, 5.41) is 9.95. The number of carboxylic acids is 1. The number of aromatic carboxylic acids is 1. The minimum Gasteiger partial charge on any atom is -0.497 e. The van der Waals surface area contributed by atoms with Crippen LogP contribution in [0.2, 0.25) is 0 Å². The van der Waals surface area contributed by atoms with Crippen LogP contribution in [0.4, 0.5) is 0 Å². The van der Waals surface area contributed by atoms with E-state index in [9.17, 15) is 4.79 Å². The van der Waals surface area contributed by atoms with E-state index in [2.05, 4.69) is 4.98 Å². The highest BCUT2D eigenvalue weighted by Gasteiger charge is 2.06. The molecule has 0 aliphatic carbocycles. The van der Waals surface area contributed by atoms with E-state index in [0.29, 0.717) is 17.4 Å². The van der Waals surface area contributed by atoms with Crippen LogP contribution in [0.15, 0.2) is 54.6 Å². The largest absolute Gasteiger partial charge is 0.497 e. The van der Waals surface area contributed by atoms with E-state index in [-0.39, 0.29) is 5.56 Å². The number of aromatic nitrogens is 1. The summed E-state index contributed by atoms with van der Waals surface area (Å²) in [4.78, 5) is 15.4. The van der Waals surface area contributed by atoms with Gasteiger partial charge >= 0.3 is 5.97 Å². The number of fused-ring (bicyclic) bond motifs is 1. The van der Waals surface area contributed by atoms with Crippen molar-refractivity contribution < 1.29 is 19.4 Å². The Labute approximate surface area is 126 Å². The molecule has 0 aliphatic rings. The van der Waals surface area contributed by atoms with Crippen LogP contribution >= 0.6 is 0 Å². The zero-order chi connectivity index (χ0) is 15.5. The Morgan fingerprint density at radius 1 is 1.05 bits per heavy atom. The first-order chi connectivity index (χ1) is 10.7. The summed E-state index contributed by atoms with van der Waals surface area (Å²) in [6, 6.07) is 15.5. The van der Waals surface area contributed by atoms with Crippen LogP contribution in [-0.2, 0) is 0 Å². The van der Waals surface area contributed by atoms with Crippen LogP contribution in [0.5, 0.6) is 17.4 Å². The number of benzene rings is 2.